The molecule has 0 radical (unpaired) electrons. The van der Waals surface area contributed by atoms with Gasteiger partial charge in [0.05, 0.1) is 16.6 Å². The maximum Gasteiger partial charge on any atom is 0.240 e. The Morgan fingerprint density at radius 1 is 0.385 bits per heavy atom. The Morgan fingerprint density at radius 3 is 1.46 bits per heavy atom. The van der Waals surface area contributed by atoms with E-state index in [-0.39, 0.29) is 0 Å². The fourth-order valence-electron chi connectivity index (χ4n) is 9.32. The van der Waals surface area contributed by atoms with Gasteiger partial charge in [-0.25, -0.2) is 0 Å². The van der Waals surface area contributed by atoms with E-state index in [2.05, 4.69) is 237 Å². The maximum atomic E-state index is 5.47. The van der Waals surface area contributed by atoms with Crippen molar-refractivity contribution in [3.05, 3.63) is 247 Å². The van der Waals surface area contributed by atoms with Gasteiger partial charge in [0.15, 0.2) is 5.82 Å². The molecule has 308 valence electrons. The molecule has 1 aliphatic carbocycles. The van der Waals surface area contributed by atoms with Gasteiger partial charge in [0.25, 0.3) is 0 Å². The lowest BCUT2D eigenvalue weighted by Gasteiger charge is -2.26. The molecule has 0 aliphatic heterocycles. The molecule has 7 heteroatoms. The highest BCUT2D eigenvalue weighted by atomic mass is 15.3. The molecule has 0 bridgehead atoms. The number of hydrogen-bond donors (Lipinski definition) is 0. The van der Waals surface area contributed by atoms with Gasteiger partial charge >= 0.3 is 0 Å². The van der Waals surface area contributed by atoms with E-state index < -0.39 is 0 Å². The number of benzene rings is 8. The average molecular weight is 836 g/mol. The SMILES string of the molecule is C1=CC(N(c2ccccc2)c2ccccc2)=Cc2c(n(-c3nc(-c4ccccc4)nc(-n4c5ccccc5c5cc(N(c6ccccc6)c6ccccc6)ccc54)n3)c3ccccc23)C1. The Labute approximate surface area is 376 Å². The van der Waals surface area contributed by atoms with Gasteiger partial charge in [0.2, 0.25) is 11.9 Å². The fraction of sp³-hybridized carbons (Fsp3) is 0.0172. The van der Waals surface area contributed by atoms with Crippen molar-refractivity contribution in [1.29, 1.82) is 0 Å². The van der Waals surface area contributed by atoms with E-state index in [1.165, 1.54) is 0 Å². The summed E-state index contributed by atoms with van der Waals surface area (Å²) in [5.74, 6) is 1.70. The van der Waals surface area contributed by atoms with Crippen molar-refractivity contribution in [1.82, 2.24) is 24.1 Å². The highest BCUT2D eigenvalue weighted by molar-refractivity contribution is 6.10. The number of para-hydroxylation sites is 6. The lowest BCUT2D eigenvalue weighted by atomic mass is 10.1. The summed E-state index contributed by atoms with van der Waals surface area (Å²) in [6.45, 7) is 0. The Kier molecular flexibility index (Phi) is 9.42. The van der Waals surface area contributed by atoms with Crippen molar-refractivity contribution >= 4 is 67.2 Å². The molecular weight excluding hydrogens is 795 g/mol. The Balaban J connectivity index is 1.07. The number of anilines is 5. The molecule has 3 heterocycles. The average Bonchev–Trinajstić information content (AvgIpc) is 3.77. The molecule has 0 spiro atoms. The summed E-state index contributed by atoms with van der Waals surface area (Å²) in [7, 11) is 0. The highest BCUT2D eigenvalue weighted by Gasteiger charge is 2.25. The van der Waals surface area contributed by atoms with E-state index in [9.17, 15) is 0 Å². The Bertz CT molecular complexity index is 3480. The number of hydrogen-bond acceptors (Lipinski definition) is 5. The van der Waals surface area contributed by atoms with Crippen LogP contribution in [0.25, 0.3) is 62.1 Å². The van der Waals surface area contributed by atoms with Gasteiger partial charge in [0, 0.05) is 73.5 Å². The second kappa shape index (κ2) is 16.1. The Morgan fingerprint density at radius 2 is 0.862 bits per heavy atom. The lowest BCUT2D eigenvalue weighted by Crippen LogP contribution is -2.14. The summed E-state index contributed by atoms with van der Waals surface area (Å²) in [5.41, 5.74) is 12.6. The third kappa shape index (κ3) is 6.74. The van der Waals surface area contributed by atoms with E-state index in [4.69, 9.17) is 15.0 Å². The standard InChI is InChI=1S/C58H41N7/c1-6-21-41(22-7-1)56-59-57(64-52-34-18-16-32-48(52)50-39-46(31-20-36-54(50)64)62(42-23-8-2-9-24-42)43-25-10-3-11-26-43)61-58(60-56)65-53-35-19-17-33-49(53)51-40-47(37-38-55(51)65)63(44-27-12-4-13-28-44)45-29-14-5-15-30-45/h1-35,37-40H,36H2. The zero-order valence-corrected chi connectivity index (χ0v) is 35.4. The summed E-state index contributed by atoms with van der Waals surface area (Å²) in [6, 6.07) is 76.2. The monoisotopic (exact) mass is 835 g/mol. The van der Waals surface area contributed by atoms with E-state index in [0.717, 1.165) is 83.7 Å². The fourth-order valence-corrected chi connectivity index (χ4v) is 9.32. The Hall–Kier alpha value is -8.81. The van der Waals surface area contributed by atoms with Crippen LogP contribution >= 0.6 is 0 Å². The largest absolute Gasteiger partial charge is 0.310 e. The van der Waals surface area contributed by atoms with Crippen molar-refractivity contribution < 1.29 is 0 Å². The molecule has 0 saturated heterocycles. The molecule has 7 nitrogen and oxygen atoms in total. The van der Waals surface area contributed by atoms with Crippen LogP contribution < -0.4 is 9.80 Å². The van der Waals surface area contributed by atoms with E-state index in [0.29, 0.717) is 24.1 Å². The first-order valence-corrected chi connectivity index (χ1v) is 21.9. The van der Waals surface area contributed by atoms with Gasteiger partial charge in [-0.3, -0.25) is 9.13 Å². The molecule has 0 unspecified atom stereocenters. The van der Waals surface area contributed by atoms with E-state index in [1.54, 1.807) is 0 Å². The number of fused-ring (bicyclic) bond motifs is 6. The lowest BCUT2D eigenvalue weighted by molar-refractivity contribution is 0.855. The van der Waals surface area contributed by atoms with Crippen molar-refractivity contribution in [3.63, 3.8) is 0 Å². The van der Waals surface area contributed by atoms with Crippen LogP contribution in [0.3, 0.4) is 0 Å². The molecule has 8 aromatic carbocycles. The summed E-state index contributed by atoms with van der Waals surface area (Å²) in [4.78, 5) is 20.7. The van der Waals surface area contributed by atoms with Gasteiger partial charge in [-0.2, -0.15) is 15.0 Å². The predicted octanol–water partition coefficient (Wildman–Crippen LogP) is 14.3. The zero-order valence-electron chi connectivity index (χ0n) is 35.4. The minimum absolute atomic E-state index is 0.544. The third-order valence-electron chi connectivity index (χ3n) is 12.2. The topological polar surface area (TPSA) is 55.0 Å². The summed E-state index contributed by atoms with van der Waals surface area (Å²) < 4.78 is 4.44. The first-order chi connectivity index (χ1) is 32.3. The molecule has 0 saturated carbocycles. The van der Waals surface area contributed by atoms with E-state index in [1.807, 2.05) is 18.2 Å². The normalized spacial score (nSPS) is 12.3. The molecule has 0 atom stereocenters. The summed E-state index contributed by atoms with van der Waals surface area (Å²) >= 11 is 0. The first kappa shape index (κ1) is 37.9. The minimum Gasteiger partial charge on any atom is -0.310 e. The van der Waals surface area contributed by atoms with Crippen LogP contribution in [0.5, 0.6) is 0 Å². The van der Waals surface area contributed by atoms with Crippen molar-refractivity contribution in [2.45, 2.75) is 6.42 Å². The third-order valence-corrected chi connectivity index (χ3v) is 12.2. The molecular formula is C58H41N7. The quantitative estimate of drug-likeness (QED) is 0.145. The summed E-state index contributed by atoms with van der Waals surface area (Å²) in [6.07, 6.45) is 7.47. The van der Waals surface area contributed by atoms with Gasteiger partial charge in [-0.05, 0) is 91.0 Å². The molecule has 3 aromatic heterocycles. The van der Waals surface area contributed by atoms with Crippen LogP contribution in [0, 0.1) is 0 Å². The zero-order chi connectivity index (χ0) is 43.1. The van der Waals surface area contributed by atoms with Crippen molar-refractivity contribution in [3.8, 4) is 23.3 Å². The van der Waals surface area contributed by atoms with Crippen LogP contribution in [0.4, 0.5) is 28.4 Å². The predicted molar refractivity (Wildman–Crippen MR) is 267 cm³/mol. The number of nitrogens with zero attached hydrogens (tertiary/aromatic N) is 7. The molecule has 12 rings (SSSR count). The number of rotatable bonds is 9. The van der Waals surface area contributed by atoms with Gasteiger partial charge in [-0.15, -0.1) is 0 Å². The minimum atomic E-state index is 0.544. The molecule has 0 fully saturated rings. The first-order valence-electron chi connectivity index (χ1n) is 21.9. The maximum absolute atomic E-state index is 5.47. The molecule has 0 N–H and O–H groups in total. The number of aromatic nitrogens is 5. The van der Waals surface area contributed by atoms with Crippen LogP contribution in [-0.2, 0) is 6.42 Å². The van der Waals surface area contributed by atoms with Crippen molar-refractivity contribution in [2.24, 2.45) is 0 Å². The molecule has 11 aromatic rings. The second-order valence-corrected chi connectivity index (χ2v) is 16.1. The van der Waals surface area contributed by atoms with Crippen LogP contribution in [0.2, 0.25) is 0 Å². The van der Waals surface area contributed by atoms with Gasteiger partial charge in [-0.1, -0.05) is 146 Å². The van der Waals surface area contributed by atoms with Crippen LogP contribution in [0.15, 0.2) is 236 Å². The molecule has 0 amide bonds. The molecule has 65 heavy (non-hydrogen) atoms. The molecule has 1 aliphatic rings. The van der Waals surface area contributed by atoms with Crippen molar-refractivity contribution in [2.75, 3.05) is 9.80 Å². The van der Waals surface area contributed by atoms with E-state index >= 15 is 0 Å². The van der Waals surface area contributed by atoms with Crippen LogP contribution in [0.1, 0.15) is 11.3 Å². The smallest absolute Gasteiger partial charge is 0.240 e. The van der Waals surface area contributed by atoms with Gasteiger partial charge < -0.3 is 9.80 Å². The van der Waals surface area contributed by atoms with Crippen LogP contribution in [-0.4, -0.2) is 24.1 Å². The second-order valence-electron chi connectivity index (χ2n) is 16.1. The highest BCUT2D eigenvalue weighted by Crippen LogP contribution is 2.41. The number of allylic oxidation sites excluding steroid dienone is 2. The van der Waals surface area contributed by atoms with Gasteiger partial charge in [0.1, 0.15) is 0 Å². The summed E-state index contributed by atoms with van der Waals surface area (Å²) in [5, 5.41) is 3.33.